The van der Waals surface area contributed by atoms with Gasteiger partial charge < -0.3 is 10.6 Å². The van der Waals surface area contributed by atoms with E-state index in [1.54, 1.807) is 0 Å². The summed E-state index contributed by atoms with van der Waals surface area (Å²) in [5.41, 5.74) is 0.892. The van der Waals surface area contributed by atoms with Crippen molar-refractivity contribution < 1.29 is 4.79 Å². The van der Waals surface area contributed by atoms with Gasteiger partial charge in [-0.2, -0.15) is 4.80 Å². The van der Waals surface area contributed by atoms with Crippen molar-refractivity contribution in [2.24, 2.45) is 5.92 Å². The van der Waals surface area contributed by atoms with E-state index >= 15 is 0 Å². The van der Waals surface area contributed by atoms with Crippen LogP contribution in [0.15, 0.2) is 30.3 Å². The fraction of sp³-hybridized carbons (Fsp3) is 0.529. The first-order chi connectivity index (χ1) is 11.6. The molecule has 1 aromatic carbocycles. The molecule has 2 atom stereocenters. The molecule has 2 heterocycles. The van der Waals surface area contributed by atoms with Crippen LogP contribution in [-0.4, -0.2) is 45.2 Å². The monoisotopic (exact) mass is 328 g/mol. The van der Waals surface area contributed by atoms with Crippen molar-refractivity contribution >= 4 is 5.91 Å². The summed E-state index contributed by atoms with van der Waals surface area (Å²) in [6.45, 7) is 5.82. The average molecular weight is 328 g/mol. The lowest BCUT2D eigenvalue weighted by atomic mass is 10.0. The first-order valence-corrected chi connectivity index (χ1v) is 8.51. The van der Waals surface area contributed by atoms with Crippen molar-refractivity contribution in [3.63, 3.8) is 0 Å². The summed E-state index contributed by atoms with van der Waals surface area (Å²) >= 11 is 0. The van der Waals surface area contributed by atoms with Crippen molar-refractivity contribution in [3.05, 3.63) is 30.3 Å². The second-order valence-electron chi connectivity index (χ2n) is 6.54. The van der Waals surface area contributed by atoms with Gasteiger partial charge in [-0.3, -0.25) is 4.79 Å². The van der Waals surface area contributed by atoms with E-state index in [0.29, 0.717) is 5.82 Å². The van der Waals surface area contributed by atoms with E-state index in [2.05, 4.69) is 26.0 Å². The number of benzene rings is 1. The highest BCUT2D eigenvalue weighted by Gasteiger charge is 2.29. The minimum Gasteiger partial charge on any atom is -0.350 e. The van der Waals surface area contributed by atoms with E-state index in [1.165, 1.54) is 4.80 Å². The van der Waals surface area contributed by atoms with Crippen LogP contribution in [0.25, 0.3) is 11.4 Å². The van der Waals surface area contributed by atoms with Crippen LogP contribution in [0.4, 0.5) is 0 Å². The van der Waals surface area contributed by atoms with Crippen LogP contribution in [0.3, 0.4) is 0 Å². The molecule has 24 heavy (non-hydrogen) atoms. The number of amides is 1. The lowest BCUT2D eigenvalue weighted by molar-refractivity contribution is -0.127. The van der Waals surface area contributed by atoms with Crippen molar-refractivity contribution in [1.82, 2.24) is 30.8 Å². The molecule has 1 saturated heterocycles. The molecule has 128 valence electrons. The number of nitrogens with one attached hydrogen (secondary N) is 2. The van der Waals surface area contributed by atoms with Gasteiger partial charge in [0, 0.05) is 18.2 Å². The predicted octanol–water partition coefficient (Wildman–Crippen LogP) is 1.41. The molecule has 1 aromatic heterocycles. The molecule has 0 aliphatic carbocycles. The van der Waals surface area contributed by atoms with E-state index in [0.717, 1.165) is 31.5 Å². The van der Waals surface area contributed by atoms with Gasteiger partial charge in [0.2, 0.25) is 11.7 Å². The fourth-order valence-corrected chi connectivity index (χ4v) is 2.98. The van der Waals surface area contributed by atoms with Crippen LogP contribution in [0.5, 0.6) is 0 Å². The average Bonchev–Trinajstić information content (AvgIpc) is 3.06. The molecule has 7 nitrogen and oxygen atoms in total. The molecule has 1 aliphatic rings. The van der Waals surface area contributed by atoms with Crippen LogP contribution in [0, 0.1) is 5.92 Å². The van der Waals surface area contributed by atoms with Crippen molar-refractivity contribution in [2.75, 3.05) is 13.1 Å². The third kappa shape index (κ3) is 3.79. The maximum Gasteiger partial charge on any atom is 0.247 e. The zero-order valence-electron chi connectivity index (χ0n) is 14.1. The number of piperidine rings is 1. The van der Waals surface area contributed by atoms with Crippen LogP contribution in [0.2, 0.25) is 0 Å². The summed E-state index contributed by atoms with van der Waals surface area (Å²) in [6.07, 6.45) is 2.08. The van der Waals surface area contributed by atoms with Gasteiger partial charge in [-0.25, -0.2) is 0 Å². The predicted molar refractivity (Wildman–Crippen MR) is 91.2 cm³/mol. The smallest absolute Gasteiger partial charge is 0.247 e. The Labute approximate surface area is 141 Å². The summed E-state index contributed by atoms with van der Waals surface area (Å²) in [6, 6.07) is 9.37. The topological polar surface area (TPSA) is 84.7 Å². The molecule has 0 spiro atoms. The van der Waals surface area contributed by atoms with Gasteiger partial charge in [0.25, 0.3) is 0 Å². The highest BCUT2D eigenvalue weighted by atomic mass is 16.2. The second kappa shape index (κ2) is 7.53. The molecule has 1 amide bonds. The van der Waals surface area contributed by atoms with Gasteiger partial charge in [-0.15, -0.1) is 10.2 Å². The third-order valence-corrected chi connectivity index (χ3v) is 4.25. The molecule has 3 rings (SSSR count). The van der Waals surface area contributed by atoms with Gasteiger partial charge in [0.15, 0.2) is 6.04 Å². The van der Waals surface area contributed by atoms with Crippen molar-refractivity contribution in [2.45, 2.75) is 38.8 Å². The number of carbonyl (C=O) groups excluding carboxylic acids is 1. The SMILES string of the molecule is CC(C)C(C(=O)N[C@H]1CCCNC1)n1nnc(-c2ccccc2)n1. The highest BCUT2D eigenvalue weighted by molar-refractivity contribution is 5.80. The Kier molecular flexibility index (Phi) is 5.20. The Morgan fingerprint density at radius 3 is 2.79 bits per heavy atom. The number of carbonyl (C=O) groups is 1. The Morgan fingerprint density at radius 2 is 2.12 bits per heavy atom. The number of aromatic nitrogens is 4. The van der Waals surface area contributed by atoms with Gasteiger partial charge >= 0.3 is 0 Å². The Bertz CT molecular complexity index is 663. The number of hydrogen-bond donors (Lipinski definition) is 2. The van der Waals surface area contributed by atoms with Crippen LogP contribution >= 0.6 is 0 Å². The van der Waals surface area contributed by atoms with Crippen LogP contribution < -0.4 is 10.6 Å². The summed E-state index contributed by atoms with van der Waals surface area (Å²) in [4.78, 5) is 14.2. The quantitative estimate of drug-likeness (QED) is 0.867. The van der Waals surface area contributed by atoms with Crippen molar-refractivity contribution in [1.29, 1.82) is 0 Å². The molecule has 1 aliphatic heterocycles. The van der Waals surface area contributed by atoms with E-state index in [1.807, 2.05) is 44.2 Å². The molecule has 0 bridgehead atoms. The highest BCUT2D eigenvalue weighted by Crippen LogP contribution is 2.19. The molecule has 1 fully saturated rings. The standard InChI is InChI=1S/C17H24N6O/c1-12(2)15(17(24)19-14-9-6-10-18-11-14)23-21-16(20-22-23)13-7-4-3-5-8-13/h3-5,7-8,12,14-15,18H,6,9-11H2,1-2H3,(H,19,24)/t14-,15?/m0/s1. The summed E-state index contributed by atoms with van der Waals surface area (Å²) in [5.74, 6) is 0.559. The maximum atomic E-state index is 12.7. The van der Waals surface area contributed by atoms with Gasteiger partial charge in [-0.05, 0) is 30.5 Å². The van der Waals surface area contributed by atoms with E-state index < -0.39 is 6.04 Å². The summed E-state index contributed by atoms with van der Waals surface area (Å²) in [5, 5.41) is 19.1. The maximum absolute atomic E-state index is 12.7. The molecular formula is C17H24N6O. The molecule has 1 unspecified atom stereocenters. The van der Waals surface area contributed by atoms with Gasteiger partial charge in [0.1, 0.15) is 0 Å². The second-order valence-corrected chi connectivity index (χ2v) is 6.54. The summed E-state index contributed by atoms with van der Waals surface area (Å²) in [7, 11) is 0. The first kappa shape index (κ1) is 16.6. The molecule has 0 radical (unpaired) electrons. The van der Waals surface area contributed by atoms with Gasteiger partial charge in [0.05, 0.1) is 0 Å². The van der Waals surface area contributed by atoms with E-state index in [4.69, 9.17) is 0 Å². The molecule has 2 N–H and O–H groups in total. The lowest BCUT2D eigenvalue weighted by Gasteiger charge is -2.27. The van der Waals surface area contributed by atoms with Crippen LogP contribution in [0.1, 0.15) is 32.7 Å². The lowest BCUT2D eigenvalue weighted by Crippen LogP contribution is -2.48. The normalized spacial score (nSPS) is 19.2. The Balaban J connectivity index is 1.75. The Morgan fingerprint density at radius 1 is 1.33 bits per heavy atom. The third-order valence-electron chi connectivity index (χ3n) is 4.25. The largest absolute Gasteiger partial charge is 0.350 e. The zero-order chi connectivity index (χ0) is 16.9. The zero-order valence-corrected chi connectivity index (χ0v) is 14.1. The number of nitrogens with zero attached hydrogens (tertiary/aromatic N) is 4. The minimum absolute atomic E-state index is 0.0456. The molecule has 7 heteroatoms. The first-order valence-electron chi connectivity index (χ1n) is 8.51. The number of rotatable bonds is 5. The van der Waals surface area contributed by atoms with Gasteiger partial charge in [-0.1, -0.05) is 44.2 Å². The number of tetrazole rings is 1. The Hall–Kier alpha value is -2.28. The molecule has 2 aromatic rings. The van der Waals surface area contributed by atoms with Crippen LogP contribution in [-0.2, 0) is 4.79 Å². The molecular weight excluding hydrogens is 304 g/mol. The fourth-order valence-electron chi connectivity index (χ4n) is 2.98. The number of hydrogen-bond acceptors (Lipinski definition) is 5. The summed E-state index contributed by atoms with van der Waals surface area (Å²) < 4.78 is 0. The molecule has 0 saturated carbocycles. The van der Waals surface area contributed by atoms with E-state index in [9.17, 15) is 4.79 Å². The minimum atomic E-state index is -0.461. The van der Waals surface area contributed by atoms with E-state index in [-0.39, 0.29) is 17.9 Å². The van der Waals surface area contributed by atoms with Crippen molar-refractivity contribution in [3.8, 4) is 11.4 Å².